The lowest BCUT2D eigenvalue weighted by Crippen LogP contribution is -2.14. The van der Waals surface area contributed by atoms with E-state index in [-0.39, 0.29) is 4.90 Å². The van der Waals surface area contributed by atoms with E-state index in [2.05, 4.69) is 23.9 Å². The van der Waals surface area contributed by atoms with E-state index < -0.39 is 10.0 Å². The molecule has 0 fully saturated rings. The van der Waals surface area contributed by atoms with Gasteiger partial charge in [-0.05, 0) is 56.7 Å². The molecule has 0 unspecified atom stereocenters. The fourth-order valence-corrected chi connectivity index (χ4v) is 3.08. The Labute approximate surface area is 126 Å². The highest BCUT2D eigenvalue weighted by Gasteiger charge is 2.13. The number of hydrogen-bond donors (Lipinski definition) is 2. The average molecular weight is 304 g/mol. The van der Waals surface area contributed by atoms with Crippen LogP contribution in [0.3, 0.4) is 0 Å². The molecule has 0 radical (unpaired) electrons. The van der Waals surface area contributed by atoms with Crippen molar-refractivity contribution in [3.8, 4) is 0 Å². The van der Waals surface area contributed by atoms with Crippen LogP contribution < -0.4 is 10.0 Å². The molecule has 21 heavy (non-hydrogen) atoms. The van der Waals surface area contributed by atoms with Crippen LogP contribution in [0.5, 0.6) is 0 Å². The SMILES string of the molecule is Cc1cc(NS(=O)(=O)c2ccccc2)ccc1NC(C)C. The topological polar surface area (TPSA) is 58.2 Å². The van der Waals surface area contributed by atoms with E-state index in [1.54, 1.807) is 36.4 Å². The minimum atomic E-state index is -3.54. The number of sulfonamides is 1. The van der Waals surface area contributed by atoms with Gasteiger partial charge in [0.1, 0.15) is 0 Å². The van der Waals surface area contributed by atoms with Gasteiger partial charge in [-0.15, -0.1) is 0 Å². The Morgan fingerprint density at radius 3 is 2.24 bits per heavy atom. The van der Waals surface area contributed by atoms with Gasteiger partial charge in [0.25, 0.3) is 10.0 Å². The minimum Gasteiger partial charge on any atom is -0.383 e. The highest BCUT2D eigenvalue weighted by atomic mass is 32.2. The van der Waals surface area contributed by atoms with Crippen LogP contribution in [0.1, 0.15) is 19.4 Å². The standard InChI is InChI=1S/C16H20N2O2S/c1-12(2)17-16-10-9-14(11-13(16)3)18-21(19,20)15-7-5-4-6-8-15/h4-12,17-18H,1-3H3. The highest BCUT2D eigenvalue weighted by Crippen LogP contribution is 2.22. The molecular weight excluding hydrogens is 284 g/mol. The fraction of sp³-hybridized carbons (Fsp3) is 0.250. The molecule has 2 rings (SSSR count). The Balaban J connectivity index is 2.23. The zero-order valence-corrected chi connectivity index (χ0v) is 13.2. The van der Waals surface area contributed by atoms with Crippen LogP contribution in [0.2, 0.25) is 0 Å². The summed E-state index contributed by atoms with van der Waals surface area (Å²) in [6, 6.07) is 14.1. The van der Waals surface area contributed by atoms with Gasteiger partial charge < -0.3 is 5.32 Å². The summed E-state index contributed by atoms with van der Waals surface area (Å²) in [5, 5.41) is 3.32. The maximum Gasteiger partial charge on any atom is 0.261 e. The predicted octanol–water partition coefficient (Wildman–Crippen LogP) is 3.62. The van der Waals surface area contributed by atoms with E-state index in [0.29, 0.717) is 11.7 Å². The first kappa shape index (κ1) is 15.4. The molecule has 0 atom stereocenters. The first-order valence-electron chi connectivity index (χ1n) is 6.83. The Bertz CT molecular complexity index is 710. The van der Waals surface area contributed by atoms with E-state index >= 15 is 0 Å². The summed E-state index contributed by atoms with van der Waals surface area (Å²) in [6.07, 6.45) is 0. The Morgan fingerprint density at radius 1 is 1.00 bits per heavy atom. The van der Waals surface area contributed by atoms with Crippen LogP contribution in [-0.4, -0.2) is 14.5 Å². The lowest BCUT2D eigenvalue weighted by molar-refractivity contribution is 0.601. The Kier molecular flexibility index (Phi) is 4.53. The third kappa shape index (κ3) is 3.98. The summed E-state index contributed by atoms with van der Waals surface area (Å²) in [4.78, 5) is 0.257. The Morgan fingerprint density at radius 2 is 1.67 bits per heavy atom. The van der Waals surface area contributed by atoms with Crippen molar-refractivity contribution < 1.29 is 8.42 Å². The zero-order chi connectivity index (χ0) is 15.5. The van der Waals surface area contributed by atoms with Crippen LogP contribution in [-0.2, 0) is 10.0 Å². The van der Waals surface area contributed by atoms with Crippen molar-refractivity contribution in [2.45, 2.75) is 31.7 Å². The van der Waals surface area contributed by atoms with E-state index in [1.165, 1.54) is 0 Å². The van der Waals surface area contributed by atoms with Gasteiger partial charge in [-0.25, -0.2) is 8.42 Å². The smallest absolute Gasteiger partial charge is 0.261 e. The van der Waals surface area contributed by atoms with Gasteiger partial charge in [-0.3, -0.25) is 4.72 Å². The van der Waals surface area contributed by atoms with Gasteiger partial charge in [0, 0.05) is 17.4 Å². The monoisotopic (exact) mass is 304 g/mol. The number of nitrogens with one attached hydrogen (secondary N) is 2. The highest BCUT2D eigenvalue weighted by molar-refractivity contribution is 7.92. The number of aryl methyl sites for hydroxylation is 1. The normalized spacial score (nSPS) is 11.4. The summed E-state index contributed by atoms with van der Waals surface area (Å²) in [7, 11) is -3.54. The van der Waals surface area contributed by atoms with Gasteiger partial charge in [-0.2, -0.15) is 0 Å². The molecule has 0 aliphatic carbocycles. The summed E-state index contributed by atoms with van der Waals surface area (Å²) in [5.74, 6) is 0. The Hall–Kier alpha value is -2.01. The van der Waals surface area contributed by atoms with Gasteiger partial charge in [-0.1, -0.05) is 18.2 Å². The van der Waals surface area contributed by atoms with Crippen LogP contribution in [0.25, 0.3) is 0 Å². The van der Waals surface area contributed by atoms with Crippen molar-refractivity contribution in [2.75, 3.05) is 10.0 Å². The van der Waals surface area contributed by atoms with Crippen molar-refractivity contribution in [1.29, 1.82) is 0 Å². The van der Waals surface area contributed by atoms with Crippen molar-refractivity contribution in [1.82, 2.24) is 0 Å². The van der Waals surface area contributed by atoms with Crippen molar-refractivity contribution in [2.24, 2.45) is 0 Å². The van der Waals surface area contributed by atoms with Gasteiger partial charge in [0.05, 0.1) is 4.90 Å². The number of benzene rings is 2. The first-order valence-corrected chi connectivity index (χ1v) is 8.32. The van der Waals surface area contributed by atoms with E-state index in [9.17, 15) is 8.42 Å². The molecule has 0 amide bonds. The van der Waals surface area contributed by atoms with Crippen LogP contribution >= 0.6 is 0 Å². The van der Waals surface area contributed by atoms with Crippen molar-refractivity contribution in [3.05, 3.63) is 54.1 Å². The fourth-order valence-electron chi connectivity index (χ4n) is 2.01. The molecule has 0 aliphatic rings. The molecule has 0 aliphatic heterocycles. The van der Waals surface area contributed by atoms with Crippen molar-refractivity contribution >= 4 is 21.4 Å². The lowest BCUT2D eigenvalue weighted by atomic mass is 10.1. The largest absolute Gasteiger partial charge is 0.383 e. The minimum absolute atomic E-state index is 0.257. The molecule has 0 saturated carbocycles. The summed E-state index contributed by atoms with van der Waals surface area (Å²) < 4.78 is 27.1. The lowest BCUT2D eigenvalue weighted by Gasteiger charge is -2.14. The number of rotatable bonds is 5. The second kappa shape index (κ2) is 6.18. The quantitative estimate of drug-likeness (QED) is 0.887. The molecule has 4 nitrogen and oxygen atoms in total. The van der Waals surface area contributed by atoms with Crippen molar-refractivity contribution in [3.63, 3.8) is 0 Å². The summed E-state index contributed by atoms with van der Waals surface area (Å²) in [5.41, 5.74) is 2.57. The molecule has 112 valence electrons. The molecular formula is C16H20N2O2S. The van der Waals surface area contributed by atoms with Gasteiger partial charge in [0.2, 0.25) is 0 Å². The average Bonchev–Trinajstić information content (AvgIpc) is 2.42. The molecule has 2 N–H and O–H groups in total. The zero-order valence-electron chi connectivity index (χ0n) is 12.4. The summed E-state index contributed by atoms with van der Waals surface area (Å²) >= 11 is 0. The van der Waals surface area contributed by atoms with Gasteiger partial charge in [0.15, 0.2) is 0 Å². The molecule has 0 heterocycles. The second-order valence-corrected chi connectivity index (χ2v) is 6.93. The number of anilines is 2. The van der Waals surface area contributed by atoms with Gasteiger partial charge >= 0.3 is 0 Å². The second-order valence-electron chi connectivity index (χ2n) is 5.25. The maximum absolute atomic E-state index is 12.2. The molecule has 2 aromatic rings. The first-order chi connectivity index (χ1) is 9.88. The summed E-state index contributed by atoms with van der Waals surface area (Å²) in [6.45, 7) is 6.07. The molecule has 0 saturated heterocycles. The van der Waals surface area contributed by atoms with Crippen LogP contribution in [0.15, 0.2) is 53.4 Å². The molecule has 2 aromatic carbocycles. The van der Waals surface area contributed by atoms with E-state index in [1.807, 2.05) is 19.1 Å². The van der Waals surface area contributed by atoms with Crippen LogP contribution in [0.4, 0.5) is 11.4 Å². The molecule has 0 bridgehead atoms. The molecule has 0 spiro atoms. The molecule has 5 heteroatoms. The number of hydrogen-bond acceptors (Lipinski definition) is 3. The maximum atomic E-state index is 12.2. The van der Waals surface area contributed by atoms with E-state index in [0.717, 1.165) is 11.3 Å². The predicted molar refractivity (Wildman–Crippen MR) is 87.2 cm³/mol. The van der Waals surface area contributed by atoms with E-state index in [4.69, 9.17) is 0 Å². The van der Waals surface area contributed by atoms with Crippen LogP contribution in [0, 0.1) is 6.92 Å². The third-order valence-electron chi connectivity index (χ3n) is 2.98. The third-order valence-corrected chi connectivity index (χ3v) is 4.37. The molecule has 0 aromatic heterocycles.